The molecule has 1 aliphatic rings. The summed E-state index contributed by atoms with van der Waals surface area (Å²) in [4.78, 5) is 9.82. The predicted molar refractivity (Wildman–Crippen MR) is 135 cm³/mol. The van der Waals surface area contributed by atoms with E-state index in [1.807, 2.05) is 84.9 Å². The number of fused-ring (bicyclic) bond motifs is 14. The monoisotopic (exact) mass is 438 g/mol. The Kier molecular flexibility index (Phi) is 4.11. The summed E-state index contributed by atoms with van der Waals surface area (Å²) < 4.78 is 12.8. The lowest BCUT2D eigenvalue weighted by molar-refractivity contribution is 0.466. The van der Waals surface area contributed by atoms with E-state index in [9.17, 15) is 0 Å². The van der Waals surface area contributed by atoms with Gasteiger partial charge in [0.25, 0.3) is 0 Å². The van der Waals surface area contributed by atoms with E-state index in [4.69, 9.17) is 19.4 Å². The van der Waals surface area contributed by atoms with Gasteiger partial charge in [0.05, 0.1) is 11.4 Å². The van der Waals surface area contributed by atoms with Gasteiger partial charge < -0.3 is 9.47 Å². The Morgan fingerprint density at radius 3 is 1.41 bits per heavy atom. The second-order valence-electron chi connectivity index (χ2n) is 8.33. The van der Waals surface area contributed by atoms with E-state index >= 15 is 0 Å². The molecule has 160 valence electrons. The standard InChI is InChI=1S/C30H18N2O2/c1-3-13-25-21(7-1)17-27-28-18-22-8-2-4-14-26(22)30(32-28)34-24-12-6-10-20(16-24)19-9-5-11-23(15-19)33-29(25)31-27/h1-18H. The molecule has 0 aliphatic carbocycles. The Hall–Kier alpha value is -4.70. The fraction of sp³-hybridized carbons (Fsp3) is 0. The maximum absolute atomic E-state index is 6.38. The molecule has 0 atom stereocenters. The van der Waals surface area contributed by atoms with Gasteiger partial charge in [-0.25, -0.2) is 9.97 Å². The second-order valence-corrected chi connectivity index (χ2v) is 8.33. The number of nitrogens with zero attached hydrogens (tertiary/aromatic N) is 2. The molecule has 0 unspecified atom stereocenters. The summed E-state index contributed by atoms with van der Waals surface area (Å²) in [5.41, 5.74) is 3.52. The first-order valence-corrected chi connectivity index (χ1v) is 11.2. The van der Waals surface area contributed by atoms with Gasteiger partial charge in [0, 0.05) is 10.8 Å². The zero-order valence-electron chi connectivity index (χ0n) is 18.1. The smallest absolute Gasteiger partial charge is 0.227 e. The minimum absolute atomic E-state index is 0.550. The fourth-order valence-electron chi connectivity index (χ4n) is 4.45. The number of pyridine rings is 2. The van der Waals surface area contributed by atoms with Gasteiger partial charge in [0.15, 0.2) is 0 Å². The lowest BCUT2D eigenvalue weighted by atomic mass is 10.0. The molecule has 8 bridgehead atoms. The van der Waals surface area contributed by atoms with Crippen molar-refractivity contribution in [3.8, 4) is 45.8 Å². The Balaban J connectivity index is 1.56. The molecule has 4 aromatic carbocycles. The number of rotatable bonds is 0. The third kappa shape index (κ3) is 3.16. The van der Waals surface area contributed by atoms with E-state index in [1.165, 1.54) is 0 Å². The van der Waals surface area contributed by atoms with Crippen molar-refractivity contribution in [3.05, 3.63) is 109 Å². The maximum Gasteiger partial charge on any atom is 0.227 e. The average Bonchev–Trinajstić information content (AvgIpc) is 2.88. The molecule has 4 heteroatoms. The first-order chi connectivity index (χ1) is 16.8. The molecule has 0 fully saturated rings. The molecule has 7 rings (SSSR count). The molecule has 0 saturated carbocycles. The summed E-state index contributed by atoms with van der Waals surface area (Å²) >= 11 is 0. The van der Waals surface area contributed by atoms with Gasteiger partial charge in [0.2, 0.25) is 11.8 Å². The molecule has 6 aromatic rings. The van der Waals surface area contributed by atoms with Crippen molar-refractivity contribution in [2.45, 2.75) is 0 Å². The van der Waals surface area contributed by atoms with Crippen molar-refractivity contribution < 1.29 is 9.47 Å². The first kappa shape index (κ1) is 18.8. The number of aromatic nitrogens is 2. The molecule has 0 amide bonds. The van der Waals surface area contributed by atoms with Gasteiger partial charge in [-0.3, -0.25) is 0 Å². The lowest BCUT2D eigenvalue weighted by Gasteiger charge is -2.15. The van der Waals surface area contributed by atoms with E-state index < -0.39 is 0 Å². The van der Waals surface area contributed by atoms with Crippen molar-refractivity contribution in [2.24, 2.45) is 0 Å². The third-order valence-corrected chi connectivity index (χ3v) is 6.10. The minimum Gasteiger partial charge on any atom is -0.438 e. The van der Waals surface area contributed by atoms with Crippen LogP contribution in [0.5, 0.6) is 23.3 Å². The van der Waals surface area contributed by atoms with Crippen LogP contribution in [0.1, 0.15) is 0 Å². The van der Waals surface area contributed by atoms with Crippen molar-refractivity contribution in [1.29, 1.82) is 0 Å². The summed E-state index contributed by atoms with van der Waals surface area (Å²) in [6.45, 7) is 0. The molecular weight excluding hydrogens is 420 g/mol. The van der Waals surface area contributed by atoms with Gasteiger partial charge in [-0.05, 0) is 70.4 Å². The van der Waals surface area contributed by atoms with Crippen LogP contribution in [0.3, 0.4) is 0 Å². The largest absolute Gasteiger partial charge is 0.438 e. The van der Waals surface area contributed by atoms with Crippen molar-refractivity contribution in [3.63, 3.8) is 0 Å². The second kappa shape index (κ2) is 7.42. The lowest BCUT2D eigenvalue weighted by Crippen LogP contribution is -1.97. The Morgan fingerprint density at radius 2 is 0.912 bits per heavy atom. The quantitative estimate of drug-likeness (QED) is 0.240. The Morgan fingerprint density at radius 1 is 0.441 bits per heavy atom. The maximum atomic E-state index is 6.38. The van der Waals surface area contributed by atoms with Crippen LogP contribution in [-0.2, 0) is 0 Å². The third-order valence-electron chi connectivity index (χ3n) is 6.10. The van der Waals surface area contributed by atoms with Gasteiger partial charge in [-0.1, -0.05) is 60.7 Å². The van der Waals surface area contributed by atoms with Crippen LogP contribution in [0.15, 0.2) is 109 Å². The van der Waals surface area contributed by atoms with E-state index in [0.717, 1.165) is 55.6 Å². The summed E-state index contributed by atoms with van der Waals surface area (Å²) in [5, 5.41) is 3.97. The molecule has 4 nitrogen and oxygen atoms in total. The molecule has 1 aliphatic heterocycles. The summed E-state index contributed by atoms with van der Waals surface area (Å²) in [7, 11) is 0. The van der Waals surface area contributed by atoms with Gasteiger partial charge in [-0.2, -0.15) is 0 Å². The highest BCUT2D eigenvalue weighted by atomic mass is 16.5. The van der Waals surface area contributed by atoms with Crippen molar-refractivity contribution in [2.75, 3.05) is 0 Å². The number of ether oxygens (including phenoxy) is 2. The number of hydrogen-bond donors (Lipinski definition) is 0. The molecule has 3 heterocycles. The molecule has 2 aromatic heterocycles. The molecular formula is C30H18N2O2. The van der Waals surface area contributed by atoms with E-state index in [1.54, 1.807) is 0 Å². The van der Waals surface area contributed by atoms with E-state index in [2.05, 4.69) is 24.3 Å². The number of hydrogen-bond acceptors (Lipinski definition) is 4. The molecule has 0 radical (unpaired) electrons. The zero-order valence-corrected chi connectivity index (χ0v) is 18.1. The molecule has 0 N–H and O–H groups in total. The van der Waals surface area contributed by atoms with E-state index in [0.29, 0.717) is 11.8 Å². The summed E-state index contributed by atoms with van der Waals surface area (Å²) in [6, 6.07) is 36.4. The molecule has 34 heavy (non-hydrogen) atoms. The fourth-order valence-corrected chi connectivity index (χ4v) is 4.45. The number of benzene rings is 4. The van der Waals surface area contributed by atoms with Crippen LogP contribution in [0.2, 0.25) is 0 Å². The van der Waals surface area contributed by atoms with Crippen LogP contribution in [0, 0.1) is 0 Å². The Bertz CT molecular complexity index is 1600. The first-order valence-electron chi connectivity index (χ1n) is 11.2. The highest BCUT2D eigenvalue weighted by Crippen LogP contribution is 2.37. The van der Waals surface area contributed by atoms with Gasteiger partial charge in [0.1, 0.15) is 11.5 Å². The SMILES string of the molecule is c1cc2cc(c1)-c1cccc(c1)Oc1nc(cc3ccccc13)-c1cc3ccccc3c(n1)O2. The van der Waals surface area contributed by atoms with Crippen LogP contribution >= 0.6 is 0 Å². The van der Waals surface area contributed by atoms with Gasteiger partial charge in [-0.15, -0.1) is 0 Å². The zero-order chi connectivity index (χ0) is 22.5. The van der Waals surface area contributed by atoms with Crippen molar-refractivity contribution >= 4 is 21.5 Å². The highest BCUT2D eigenvalue weighted by Gasteiger charge is 2.16. The van der Waals surface area contributed by atoms with Crippen LogP contribution < -0.4 is 9.47 Å². The average molecular weight is 438 g/mol. The Labute approximate surface area is 196 Å². The molecule has 0 spiro atoms. The van der Waals surface area contributed by atoms with Crippen LogP contribution in [0.25, 0.3) is 44.1 Å². The molecule has 0 saturated heterocycles. The summed E-state index contributed by atoms with van der Waals surface area (Å²) in [5.74, 6) is 2.55. The van der Waals surface area contributed by atoms with Crippen LogP contribution in [-0.4, -0.2) is 9.97 Å². The highest BCUT2D eigenvalue weighted by molar-refractivity contribution is 5.93. The minimum atomic E-state index is 0.550. The normalized spacial score (nSPS) is 12.0. The topological polar surface area (TPSA) is 44.2 Å². The van der Waals surface area contributed by atoms with E-state index in [-0.39, 0.29) is 0 Å². The van der Waals surface area contributed by atoms with Gasteiger partial charge >= 0.3 is 0 Å². The predicted octanol–water partition coefficient (Wildman–Crippen LogP) is 8.02. The van der Waals surface area contributed by atoms with Crippen LogP contribution in [0.4, 0.5) is 0 Å². The summed E-state index contributed by atoms with van der Waals surface area (Å²) in [6.07, 6.45) is 0. The van der Waals surface area contributed by atoms with Crippen molar-refractivity contribution in [1.82, 2.24) is 9.97 Å².